The Kier molecular flexibility index (Phi) is 7.05. The van der Waals surface area contributed by atoms with Gasteiger partial charge in [0, 0.05) is 5.67 Å². The van der Waals surface area contributed by atoms with Gasteiger partial charge in [-0.1, -0.05) is 38.8 Å². The minimum Gasteiger partial charge on any atom is -0.303 e. The predicted octanol–water partition coefficient (Wildman–Crippen LogP) is 3.54. The van der Waals surface area contributed by atoms with E-state index < -0.39 is 8.80 Å². The van der Waals surface area contributed by atoms with E-state index in [1.165, 1.54) is 51.2 Å². The molecule has 16 heavy (non-hydrogen) atoms. The highest BCUT2D eigenvalue weighted by molar-refractivity contribution is 6.65. The molecule has 2 heteroatoms. The quantitative estimate of drug-likeness (QED) is 0.663. The normalized spacial score (nSPS) is 23.2. The zero-order valence-corrected chi connectivity index (χ0v) is 12.6. The lowest BCUT2D eigenvalue weighted by Crippen LogP contribution is -2.45. The number of rotatable bonds is 5. The summed E-state index contributed by atoms with van der Waals surface area (Å²) in [5.74, 6) is 0. The molecule has 0 aromatic rings. The van der Waals surface area contributed by atoms with Gasteiger partial charge in [0.2, 0.25) is 0 Å². The third-order valence-electron chi connectivity index (χ3n) is 3.93. The van der Waals surface area contributed by atoms with Crippen molar-refractivity contribution in [3.63, 3.8) is 0 Å². The van der Waals surface area contributed by atoms with E-state index in [0.29, 0.717) is 0 Å². The average Bonchev–Trinajstić information content (AvgIpc) is 2.58. The van der Waals surface area contributed by atoms with E-state index in [-0.39, 0.29) is 0 Å². The van der Waals surface area contributed by atoms with Crippen LogP contribution in [0.3, 0.4) is 0 Å². The highest BCUT2D eigenvalue weighted by atomic mass is 28.3. The largest absolute Gasteiger partial charge is 0.303 e. The summed E-state index contributed by atoms with van der Waals surface area (Å²) in [6, 6.07) is 1.42. The van der Waals surface area contributed by atoms with Crippen LogP contribution in [0.1, 0.15) is 52.9 Å². The molecule has 94 valence electrons. The third kappa shape index (κ3) is 4.06. The maximum atomic E-state index is 2.81. The molecule has 0 aromatic heterocycles. The van der Waals surface area contributed by atoms with E-state index in [2.05, 4.69) is 37.4 Å². The van der Waals surface area contributed by atoms with Gasteiger partial charge in [-0.25, -0.2) is 0 Å². The Bertz CT molecular complexity index is 195. The fraction of sp³-hybridized carbons (Fsp3) is 0.857. The standard InChI is InChI=1S/C14H29NSi/c1-4-13-16(6-3)14(5-2)15-11-9-7-8-10-12-15/h4,13-14,16H,5-12H2,1-3H3. The molecule has 1 heterocycles. The molecule has 1 nitrogen and oxygen atoms in total. The molecular weight excluding hydrogens is 210 g/mol. The fourth-order valence-corrected chi connectivity index (χ4v) is 6.05. The SMILES string of the molecule is CC=C[SiH](CC)C(CC)N1CCCCCC1. The zero-order chi connectivity index (χ0) is 11.8. The van der Waals surface area contributed by atoms with Gasteiger partial charge >= 0.3 is 0 Å². The Labute approximate surface area is 104 Å². The molecule has 1 fully saturated rings. The Hall–Kier alpha value is -0.0831. The minimum absolute atomic E-state index is 0.676. The van der Waals surface area contributed by atoms with Gasteiger partial charge in [-0.2, -0.15) is 0 Å². The van der Waals surface area contributed by atoms with E-state index in [1.54, 1.807) is 0 Å². The molecule has 0 saturated carbocycles. The van der Waals surface area contributed by atoms with Crippen LogP contribution in [-0.2, 0) is 0 Å². The van der Waals surface area contributed by atoms with Crippen molar-refractivity contribution < 1.29 is 0 Å². The fourth-order valence-electron chi connectivity index (χ4n) is 3.04. The van der Waals surface area contributed by atoms with Crippen LogP contribution in [0.4, 0.5) is 0 Å². The van der Waals surface area contributed by atoms with Crippen LogP contribution in [0.15, 0.2) is 11.8 Å². The summed E-state index contributed by atoms with van der Waals surface area (Å²) >= 11 is 0. The Morgan fingerprint density at radius 2 is 1.75 bits per heavy atom. The van der Waals surface area contributed by atoms with Crippen LogP contribution < -0.4 is 0 Å². The molecule has 1 rings (SSSR count). The molecule has 0 aliphatic carbocycles. The second-order valence-electron chi connectivity index (χ2n) is 5.02. The predicted molar refractivity (Wildman–Crippen MR) is 76.6 cm³/mol. The van der Waals surface area contributed by atoms with Gasteiger partial charge in [-0.3, -0.25) is 0 Å². The van der Waals surface area contributed by atoms with Crippen molar-refractivity contribution >= 4 is 8.80 Å². The molecule has 1 aliphatic heterocycles. The first-order valence-corrected chi connectivity index (χ1v) is 9.35. The molecule has 0 bridgehead atoms. The average molecular weight is 239 g/mol. The van der Waals surface area contributed by atoms with Gasteiger partial charge in [0.05, 0.1) is 8.80 Å². The van der Waals surface area contributed by atoms with Crippen molar-refractivity contribution in [2.75, 3.05) is 13.1 Å². The number of likely N-dealkylation sites (tertiary alicyclic amines) is 1. The molecular formula is C14H29NSi. The van der Waals surface area contributed by atoms with Gasteiger partial charge < -0.3 is 4.90 Å². The highest BCUT2D eigenvalue weighted by Gasteiger charge is 2.24. The molecule has 0 N–H and O–H groups in total. The second-order valence-corrected chi connectivity index (χ2v) is 8.32. The van der Waals surface area contributed by atoms with Crippen LogP contribution in [0.25, 0.3) is 0 Å². The molecule has 2 atom stereocenters. The monoisotopic (exact) mass is 239 g/mol. The van der Waals surface area contributed by atoms with Crippen LogP contribution >= 0.6 is 0 Å². The summed E-state index contributed by atoms with van der Waals surface area (Å²) < 4.78 is 0. The number of hydrogen-bond acceptors (Lipinski definition) is 1. The van der Waals surface area contributed by atoms with E-state index >= 15 is 0 Å². The summed E-state index contributed by atoms with van der Waals surface area (Å²) in [6.45, 7) is 9.68. The maximum Gasteiger partial charge on any atom is 0.0797 e. The maximum absolute atomic E-state index is 2.81. The van der Waals surface area contributed by atoms with E-state index in [4.69, 9.17) is 0 Å². The first-order valence-electron chi connectivity index (χ1n) is 7.20. The summed E-state index contributed by atoms with van der Waals surface area (Å²) in [7, 11) is -0.676. The third-order valence-corrected chi connectivity index (χ3v) is 7.64. The van der Waals surface area contributed by atoms with Gasteiger partial charge in [0.25, 0.3) is 0 Å². The molecule has 0 amide bonds. The van der Waals surface area contributed by atoms with E-state index in [9.17, 15) is 0 Å². The topological polar surface area (TPSA) is 3.24 Å². The van der Waals surface area contributed by atoms with Crippen LogP contribution in [0.2, 0.25) is 6.04 Å². The molecule has 0 aromatic carbocycles. The first-order chi connectivity index (χ1) is 7.83. The highest BCUT2D eigenvalue weighted by Crippen LogP contribution is 2.18. The second kappa shape index (κ2) is 8.07. The lowest BCUT2D eigenvalue weighted by molar-refractivity contribution is 0.251. The van der Waals surface area contributed by atoms with Crippen LogP contribution in [0.5, 0.6) is 0 Å². The zero-order valence-electron chi connectivity index (χ0n) is 11.4. The molecule has 1 saturated heterocycles. The Morgan fingerprint density at radius 1 is 1.12 bits per heavy atom. The summed E-state index contributed by atoms with van der Waals surface area (Å²) in [4.78, 5) is 2.81. The first kappa shape index (κ1) is 14.0. The summed E-state index contributed by atoms with van der Waals surface area (Å²) in [6.07, 6.45) is 9.41. The summed E-state index contributed by atoms with van der Waals surface area (Å²) in [5.41, 5.74) is 3.47. The van der Waals surface area contributed by atoms with Crippen molar-refractivity contribution in [3.8, 4) is 0 Å². The number of hydrogen-bond donors (Lipinski definition) is 0. The van der Waals surface area contributed by atoms with Gasteiger partial charge in [-0.15, -0.1) is 5.70 Å². The van der Waals surface area contributed by atoms with Crippen molar-refractivity contribution in [2.45, 2.75) is 64.6 Å². The lowest BCUT2D eigenvalue weighted by Gasteiger charge is -2.33. The molecule has 0 radical (unpaired) electrons. The Balaban J connectivity index is 2.61. The van der Waals surface area contributed by atoms with E-state index in [1.807, 2.05) is 0 Å². The Morgan fingerprint density at radius 3 is 2.19 bits per heavy atom. The smallest absolute Gasteiger partial charge is 0.0797 e. The van der Waals surface area contributed by atoms with Crippen molar-refractivity contribution in [3.05, 3.63) is 11.8 Å². The number of allylic oxidation sites excluding steroid dienone is 1. The van der Waals surface area contributed by atoms with Crippen molar-refractivity contribution in [1.82, 2.24) is 4.90 Å². The van der Waals surface area contributed by atoms with Crippen LogP contribution in [-0.4, -0.2) is 32.5 Å². The summed E-state index contributed by atoms with van der Waals surface area (Å²) in [5, 5.41) is 0. The molecule has 1 aliphatic rings. The lowest BCUT2D eigenvalue weighted by atomic mass is 10.2. The molecule has 0 spiro atoms. The van der Waals surface area contributed by atoms with E-state index in [0.717, 1.165) is 5.67 Å². The number of nitrogens with zero attached hydrogens (tertiary/aromatic N) is 1. The molecule has 2 unspecified atom stereocenters. The van der Waals surface area contributed by atoms with Crippen molar-refractivity contribution in [2.24, 2.45) is 0 Å². The minimum atomic E-state index is -0.676. The van der Waals surface area contributed by atoms with Crippen molar-refractivity contribution in [1.29, 1.82) is 0 Å². The van der Waals surface area contributed by atoms with Gasteiger partial charge in [-0.05, 0) is 39.3 Å². The van der Waals surface area contributed by atoms with Gasteiger partial charge in [0.15, 0.2) is 0 Å². The van der Waals surface area contributed by atoms with Gasteiger partial charge in [0.1, 0.15) is 0 Å². The van der Waals surface area contributed by atoms with Crippen LogP contribution in [0, 0.1) is 0 Å².